The second kappa shape index (κ2) is 9.58. The molecule has 1 saturated heterocycles. The molecule has 0 spiro atoms. The maximum absolute atomic E-state index is 12.5. The number of aliphatic hydroxyl groups excluding tert-OH is 1. The third kappa shape index (κ3) is 5.38. The summed E-state index contributed by atoms with van der Waals surface area (Å²) in [6.07, 6.45) is 1.23. The highest BCUT2D eigenvalue weighted by molar-refractivity contribution is 7.89. The molecule has 1 heterocycles. The summed E-state index contributed by atoms with van der Waals surface area (Å²) in [5, 5.41) is 14.5. The van der Waals surface area contributed by atoms with E-state index in [0.717, 1.165) is 5.56 Å². The molecule has 29 heavy (non-hydrogen) atoms. The lowest BCUT2D eigenvalue weighted by Gasteiger charge is -2.42. The van der Waals surface area contributed by atoms with Crippen LogP contribution < -0.4 is 5.32 Å². The molecule has 1 unspecified atom stereocenters. The molecule has 0 saturated carbocycles. The van der Waals surface area contributed by atoms with Crippen molar-refractivity contribution >= 4 is 21.6 Å². The summed E-state index contributed by atoms with van der Waals surface area (Å²) in [6, 6.07) is 17.3. The number of rotatable bonds is 8. The topological polar surface area (TPSA) is 69.6 Å². The zero-order chi connectivity index (χ0) is 20.9. The maximum Gasteiger partial charge on any atom is 0.214 e. The third-order valence-corrected chi connectivity index (χ3v) is 8.07. The van der Waals surface area contributed by atoms with Crippen LogP contribution in [0, 0.1) is 0 Å². The van der Waals surface area contributed by atoms with Crippen LogP contribution in [0.25, 0.3) is 0 Å². The van der Waals surface area contributed by atoms with Crippen molar-refractivity contribution in [3.8, 4) is 0 Å². The summed E-state index contributed by atoms with van der Waals surface area (Å²) >= 11 is 5.93. The normalized spacial score (nSPS) is 18.4. The molecule has 158 valence electrons. The Morgan fingerprint density at radius 3 is 2.31 bits per heavy atom. The second-order valence-electron chi connectivity index (χ2n) is 7.70. The molecule has 7 heteroatoms. The summed E-state index contributed by atoms with van der Waals surface area (Å²) in [6.45, 7) is 3.44. The summed E-state index contributed by atoms with van der Waals surface area (Å²) in [4.78, 5) is 0. The van der Waals surface area contributed by atoms with Crippen LogP contribution in [0.5, 0.6) is 0 Å². The van der Waals surface area contributed by atoms with Gasteiger partial charge in [0.25, 0.3) is 0 Å². The van der Waals surface area contributed by atoms with Crippen molar-refractivity contribution in [1.82, 2.24) is 9.62 Å². The van der Waals surface area contributed by atoms with Crippen molar-refractivity contribution in [3.05, 3.63) is 70.7 Å². The summed E-state index contributed by atoms with van der Waals surface area (Å²) in [7, 11) is -3.19. The lowest BCUT2D eigenvalue weighted by molar-refractivity contribution is 0.117. The highest BCUT2D eigenvalue weighted by Gasteiger charge is 2.39. The molecule has 1 aliphatic rings. The molecule has 2 aromatic rings. The summed E-state index contributed by atoms with van der Waals surface area (Å²) < 4.78 is 26.6. The summed E-state index contributed by atoms with van der Waals surface area (Å²) in [5.74, 6) is 0.193. The Morgan fingerprint density at radius 1 is 1.10 bits per heavy atom. The Hall–Kier alpha value is -1.44. The van der Waals surface area contributed by atoms with E-state index in [0.29, 0.717) is 43.9 Å². The molecule has 1 fully saturated rings. The van der Waals surface area contributed by atoms with Crippen molar-refractivity contribution < 1.29 is 13.5 Å². The molecule has 3 rings (SSSR count). The zero-order valence-corrected chi connectivity index (χ0v) is 18.3. The predicted octanol–water partition coefficient (Wildman–Crippen LogP) is 3.69. The van der Waals surface area contributed by atoms with E-state index in [4.69, 9.17) is 11.6 Å². The van der Waals surface area contributed by atoms with E-state index >= 15 is 0 Å². The van der Waals surface area contributed by atoms with E-state index in [1.165, 1.54) is 5.56 Å². The first-order valence-electron chi connectivity index (χ1n) is 10.1. The van der Waals surface area contributed by atoms with E-state index < -0.39 is 16.3 Å². The minimum Gasteiger partial charge on any atom is -0.374 e. The fourth-order valence-corrected chi connectivity index (χ4v) is 5.63. The van der Waals surface area contributed by atoms with Crippen LogP contribution >= 0.6 is 11.6 Å². The lowest BCUT2D eigenvalue weighted by atomic mass is 9.73. The minimum absolute atomic E-state index is 0.193. The van der Waals surface area contributed by atoms with Gasteiger partial charge in [-0.1, -0.05) is 61.0 Å². The number of hydrogen-bond acceptors (Lipinski definition) is 4. The number of sulfonamides is 1. The van der Waals surface area contributed by atoms with Gasteiger partial charge in [0.1, 0.15) is 6.23 Å². The van der Waals surface area contributed by atoms with Crippen molar-refractivity contribution in [2.24, 2.45) is 0 Å². The van der Waals surface area contributed by atoms with E-state index in [1.54, 1.807) is 28.6 Å². The number of nitrogens with zero attached hydrogens (tertiary/aromatic N) is 1. The molecule has 1 atom stereocenters. The molecule has 2 N–H and O–H groups in total. The number of piperidine rings is 1. The number of aliphatic hydroxyl groups is 1. The molecule has 1 aliphatic heterocycles. The van der Waals surface area contributed by atoms with Gasteiger partial charge >= 0.3 is 0 Å². The number of nitrogens with one attached hydrogen (secondary N) is 1. The molecule has 0 aliphatic carbocycles. The van der Waals surface area contributed by atoms with Gasteiger partial charge in [-0.25, -0.2) is 12.7 Å². The standard InChI is InChI=1S/C22H29ClN2O3S/c1-2-16-29(27,28)25-14-12-22(13-15-25,19-6-4-3-5-7-19)17-24-21(26)18-8-10-20(23)11-9-18/h3-11,21,24,26H,2,12-17H2,1H3. The zero-order valence-electron chi connectivity index (χ0n) is 16.7. The fourth-order valence-electron chi connectivity index (χ4n) is 3.99. The van der Waals surface area contributed by atoms with Crippen LogP contribution in [0.3, 0.4) is 0 Å². The van der Waals surface area contributed by atoms with Crippen molar-refractivity contribution in [2.75, 3.05) is 25.4 Å². The average molecular weight is 437 g/mol. The Kier molecular flexibility index (Phi) is 7.35. The molecular weight excluding hydrogens is 408 g/mol. The van der Waals surface area contributed by atoms with Gasteiger partial charge < -0.3 is 5.11 Å². The average Bonchev–Trinajstić information content (AvgIpc) is 2.73. The fraction of sp³-hybridized carbons (Fsp3) is 0.455. The van der Waals surface area contributed by atoms with Crippen LogP contribution in [0.1, 0.15) is 43.5 Å². The van der Waals surface area contributed by atoms with Crippen LogP contribution in [-0.2, 0) is 15.4 Å². The van der Waals surface area contributed by atoms with Gasteiger partial charge in [0.2, 0.25) is 10.0 Å². The smallest absolute Gasteiger partial charge is 0.214 e. The first kappa shape index (κ1) is 22.2. The van der Waals surface area contributed by atoms with Crippen molar-refractivity contribution in [2.45, 2.75) is 37.8 Å². The predicted molar refractivity (Wildman–Crippen MR) is 117 cm³/mol. The summed E-state index contributed by atoms with van der Waals surface area (Å²) in [5.41, 5.74) is 1.69. The van der Waals surface area contributed by atoms with Gasteiger partial charge in [0.15, 0.2) is 0 Å². The van der Waals surface area contributed by atoms with Crippen molar-refractivity contribution in [1.29, 1.82) is 0 Å². The van der Waals surface area contributed by atoms with Gasteiger partial charge in [-0.3, -0.25) is 5.32 Å². The van der Waals surface area contributed by atoms with Crippen LogP contribution in [-0.4, -0.2) is 43.2 Å². The van der Waals surface area contributed by atoms with Crippen LogP contribution in [0.15, 0.2) is 54.6 Å². The molecular formula is C22H29ClN2O3S. The van der Waals surface area contributed by atoms with E-state index in [2.05, 4.69) is 17.4 Å². The number of halogens is 1. The number of hydrogen-bond donors (Lipinski definition) is 2. The lowest BCUT2D eigenvalue weighted by Crippen LogP contribution is -2.50. The largest absolute Gasteiger partial charge is 0.374 e. The first-order valence-corrected chi connectivity index (χ1v) is 12.1. The first-order chi connectivity index (χ1) is 13.9. The Morgan fingerprint density at radius 2 is 1.72 bits per heavy atom. The van der Waals surface area contributed by atoms with Gasteiger partial charge in [-0.15, -0.1) is 0 Å². The molecule has 2 aromatic carbocycles. The quantitative estimate of drug-likeness (QED) is 0.619. The Balaban J connectivity index is 1.75. The van der Waals surface area contributed by atoms with Gasteiger partial charge in [-0.05, 0) is 42.5 Å². The molecule has 0 aromatic heterocycles. The van der Waals surface area contributed by atoms with Gasteiger partial charge in [-0.2, -0.15) is 0 Å². The third-order valence-electron chi connectivity index (χ3n) is 5.74. The molecule has 5 nitrogen and oxygen atoms in total. The van der Waals surface area contributed by atoms with E-state index in [1.807, 2.05) is 25.1 Å². The van der Waals surface area contributed by atoms with E-state index in [-0.39, 0.29) is 11.2 Å². The maximum atomic E-state index is 12.5. The highest BCUT2D eigenvalue weighted by atomic mass is 35.5. The molecule has 0 amide bonds. The Bertz CT molecular complexity index is 880. The van der Waals surface area contributed by atoms with Crippen LogP contribution in [0.4, 0.5) is 0 Å². The SMILES string of the molecule is CCCS(=O)(=O)N1CCC(CNC(O)c2ccc(Cl)cc2)(c2ccccc2)CC1. The monoisotopic (exact) mass is 436 g/mol. The van der Waals surface area contributed by atoms with Crippen molar-refractivity contribution in [3.63, 3.8) is 0 Å². The van der Waals surface area contributed by atoms with Crippen LogP contribution in [0.2, 0.25) is 5.02 Å². The molecule has 0 radical (unpaired) electrons. The van der Waals surface area contributed by atoms with E-state index in [9.17, 15) is 13.5 Å². The Labute approximate surface area is 178 Å². The second-order valence-corrected chi connectivity index (χ2v) is 10.2. The molecule has 0 bridgehead atoms. The number of benzene rings is 2. The minimum atomic E-state index is -3.19. The van der Waals surface area contributed by atoms with Gasteiger partial charge in [0, 0.05) is 30.1 Å². The van der Waals surface area contributed by atoms with Gasteiger partial charge in [0.05, 0.1) is 5.75 Å². The highest BCUT2D eigenvalue weighted by Crippen LogP contribution is 2.36.